The molecule has 2 N–H and O–H groups in total. The number of rotatable bonds is 5. The van der Waals surface area contributed by atoms with Gasteiger partial charge in [-0.25, -0.2) is 14.6 Å². The van der Waals surface area contributed by atoms with Gasteiger partial charge in [-0.2, -0.15) is 0 Å². The maximum Gasteiger partial charge on any atom is 0.328 e. The Balaban J connectivity index is 0.000000242. The Hall–Kier alpha value is -2.51. The zero-order valence-electron chi connectivity index (χ0n) is 15.8. The molecule has 7 heteroatoms. The highest BCUT2D eigenvalue weighted by Gasteiger charge is 2.24. The quantitative estimate of drug-likeness (QED) is 0.638. The molecule has 6 nitrogen and oxygen atoms in total. The van der Waals surface area contributed by atoms with Crippen molar-refractivity contribution in [3.05, 3.63) is 51.9 Å². The molecule has 0 bridgehead atoms. The third-order valence-electron chi connectivity index (χ3n) is 5.10. The minimum atomic E-state index is -1.26. The van der Waals surface area contributed by atoms with Crippen molar-refractivity contribution in [1.29, 1.82) is 0 Å². The first-order valence-corrected chi connectivity index (χ1v) is 10.2. The highest BCUT2D eigenvalue weighted by molar-refractivity contribution is 7.12. The fourth-order valence-electron chi connectivity index (χ4n) is 3.69. The van der Waals surface area contributed by atoms with E-state index in [9.17, 15) is 9.59 Å². The van der Waals surface area contributed by atoms with Crippen LogP contribution in [-0.4, -0.2) is 51.7 Å². The number of carbonyl (C=O) groups is 2. The molecule has 2 aliphatic rings. The Morgan fingerprint density at radius 1 is 1.25 bits per heavy atom. The number of aromatic nitrogens is 1. The normalized spacial score (nSPS) is 17.8. The number of likely N-dealkylation sites (tertiary alicyclic amines) is 1. The van der Waals surface area contributed by atoms with Crippen LogP contribution in [0.1, 0.15) is 34.7 Å². The first-order valence-electron chi connectivity index (χ1n) is 9.35. The number of aliphatic carboxylic acids is 2. The molecule has 2 heterocycles. The molecule has 1 saturated heterocycles. The Kier molecular flexibility index (Phi) is 6.59. The third kappa shape index (κ3) is 5.05. The first kappa shape index (κ1) is 20.2. The van der Waals surface area contributed by atoms with E-state index in [0.717, 1.165) is 18.9 Å². The van der Waals surface area contributed by atoms with E-state index in [1.165, 1.54) is 52.5 Å². The minimum absolute atomic E-state index is 0.558. The molecular formula is C21H24N2O4S. The van der Waals surface area contributed by atoms with Gasteiger partial charge < -0.3 is 15.1 Å². The zero-order valence-corrected chi connectivity index (χ0v) is 16.6. The molecule has 2 aromatic rings. The molecule has 1 atom stereocenters. The van der Waals surface area contributed by atoms with Gasteiger partial charge in [0.1, 0.15) is 0 Å². The molecule has 1 aliphatic carbocycles. The first-order chi connectivity index (χ1) is 13.4. The van der Waals surface area contributed by atoms with E-state index in [1.807, 2.05) is 11.3 Å². The summed E-state index contributed by atoms with van der Waals surface area (Å²) in [4.78, 5) is 28.0. The topological polar surface area (TPSA) is 90.7 Å². The van der Waals surface area contributed by atoms with Crippen LogP contribution >= 0.6 is 11.3 Å². The maximum absolute atomic E-state index is 9.55. The molecule has 0 amide bonds. The number of carboxylic acid groups (broad SMARTS) is 2. The lowest BCUT2D eigenvalue weighted by Crippen LogP contribution is -2.25. The largest absolute Gasteiger partial charge is 0.478 e. The summed E-state index contributed by atoms with van der Waals surface area (Å²) in [6.45, 7) is 1.27. The Morgan fingerprint density at radius 3 is 2.61 bits per heavy atom. The number of carboxylic acids is 2. The van der Waals surface area contributed by atoms with Crippen LogP contribution in [0.4, 0.5) is 0 Å². The Morgan fingerprint density at radius 2 is 1.96 bits per heavy atom. The van der Waals surface area contributed by atoms with E-state index in [2.05, 4.69) is 36.2 Å². The van der Waals surface area contributed by atoms with Crippen molar-refractivity contribution in [3.8, 4) is 11.3 Å². The van der Waals surface area contributed by atoms with E-state index in [1.54, 1.807) is 0 Å². The van der Waals surface area contributed by atoms with Gasteiger partial charge in [-0.3, -0.25) is 0 Å². The predicted molar refractivity (Wildman–Crippen MR) is 109 cm³/mol. The van der Waals surface area contributed by atoms with Gasteiger partial charge >= 0.3 is 11.9 Å². The summed E-state index contributed by atoms with van der Waals surface area (Å²) in [6.07, 6.45) is 7.35. The number of aryl methyl sites for hydroxylation is 1. The SMILES string of the molecule is CN1CCCC1CCc1nc2c(s1)Cc1ccccc1-2.O=C(O)C=CC(=O)O. The standard InChI is InChI=1S/C17H20N2S.C4H4O4/c1-19-10-4-6-13(19)8-9-16-18-17-14-7-3-2-5-12(14)11-15(17)20-16;5-3(6)1-2-4(7)8/h2-3,5,7,13H,4,6,8-11H2,1H3;1-2H,(H,5,6)(H,7,8). The molecule has 148 valence electrons. The molecular weight excluding hydrogens is 376 g/mol. The van der Waals surface area contributed by atoms with Gasteiger partial charge in [-0.05, 0) is 38.4 Å². The van der Waals surface area contributed by atoms with Crippen LogP contribution in [-0.2, 0) is 22.4 Å². The van der Waals surface area contributed by atoms with E-state index in [0.29, 0.717) is 12.2 Å². The summed E-state index contributed by atoms with van der Waals surface area (Å²) in [6, 6.07) is 9.49. The third-order valence-corrected chi connectivity index (χ3v) is 6.21. The second-order valence-electron chi connectivity index (χ2n) is 7.04. The molecule has 1 aromatic carbocycles. The fourth-order valence-corrected chi connectivity index (χ4v) is 4.81. The lowest BCUT2D eigenvalue weighted by molar-refractivity contribution is -0.134. The molecule has 0 radical (unpaired) electrons. The summed E-state index contributed by atoms with van der Waals surface area (Å²) in [5.74, 6) is -2.51. The van der Waals surface area contributed by atoms with Crippen LogP contribution in [0.15, 0.2) is 36.4 Å². The Labute approximate surface area is 168 Å². The van der Waals surface area contributed by atoms with Crippen molar-refractivity contribution < 1.29 is 19.8 Å². The van der Waals surface area contributed by atoms with Crippen LogP contribution in [0, 0.1) is 0 Å². The highest BCUT2D eigenvalue weighted by atomic mass is 32.1. The maximum atomic E-state index is 9.55. The van der Waals surface area contributed by atoms with Crippen LogP contribution in [0.2, 0.25) is 0 Å². The second kappa shape index (κ2) is 9.12. The molecule has 28 heavy (non-hydrogen) atoms. The van der Waals surface area contributed by atoms with Crippen molar-refractivity contribution in [3.63, 3.8) is 0 Å². The molecule has 0 spiro atoms. The molecule has 1 aromatic heterocycles. The van der Waals surface area contributed by atoms with Crippen LogP contribution in [0.5, 0.6) is 0 Å². The molecule has 1 unspecified atom stereocenters. The number of thiazole rings is 1. The van der Waals surface area contributed by atoms with Crippen LogP contribution < -0.4 is 0 Å². The molecule has 1 aliphatic heterocycles. The molecule has 4 rings (SSSR count). The van der Waals surface area contributed by atoms with Crippen molar-refractivity contribution in [2.24, 2.45) is 0 Å². The molecule has 0 saturated carbocycles. The van der Waals surface area contributed by atoms with E-state index in [4.69, 9.17) is 15.2 Å². The van der Waals surface area contributed by atoms with Crippen molar-refractivity contribution in [2.45, 2.75) is 38.1 Å². The van der Waals surface area contributed by atoms with Gasteiger partial charge in [-0.1, -0.05) is 24.3 Å². The smallest absolute Gasteiger partial charge is 0.328 e. The lowest BCUT2D eigenvalue weighted by atomic mass is 10.1. The zero-order chi connectivity index (χ0) is 20.1. The summed E-state index contributed by atoms with van der Waals surface area (Å²) in [5.41, 5.74) is 4.08. The van der Waals surface area contributed by atoms with Gasteiger partial charge in [0.25, 0.3) is 0 Å². The van der Waals surface area contributed by atoms with Crippen molar-refractivity contribution in [2.75, 3.05) is 13.6 Å². The van der Waals surface area contributed by atoms with Crippen LogP contribution in [0.3, 0.4) is 0 Å². The number of hydrogen-bond donors (Lipinski definition) is 2. The van der Waals surface area contributed by atoms with Crippen molar-refractivity contribution >= 4 is 23.3 Å². The summed E-state index contributed by atoms with van der Waals surface area (Å²) >= 11 is 1.93. The van der Waals surface area contributed by atoms with E-state index in [-0.39, 0.29) is 0 Å². The summed E-state index contributed by atoms with van der Waals surface area (Å²) < 4.78 is 0. The molecule has 1 fully saturated rings. The van der Waals surface area contributed by atoms with Gasteiger partial charge in [0, 0.05) is 41.5 Å². The average Bonchev–Trinajstić information content (AvgIpc) is 3.33. The van der Waals surface area contributed by atoms with Crippen molar-refractivity contribution in [1.82, 2.24) is 9.88 Å². The van der Waals surface area contributed by atoms with Gasteiger partial charge in [0.15, 0.2) is 0 Å². The monoisotopic (exact) mass is 400 g/mol. The van der Waals surface area contributed by atoms with Crippen LogP contribution in [0.25, 0.3) is 11.3 Å². The minimum Gasteiger partial charge on any atom is -0.478 e. The highest BCUT2D eigenvalue weighted by Crippen LogP contribution is 2.39. The van der Waals surface area contributed by atoms with E-state index >= 15 is 0 Å². The second-order valence-corrected chi connectivity index (χ2v) is 8.21. The number of nitrogens with zero attached hydrogens (tertiary/aromatic N) is 2. The van der Waals surface area contributed by atoms with E-state index < -0.39 is 11.9 Å². The van der Waals surface area contributed by atoms with Gasteiger partial charge in [0.2, 0.25) is 0 Å². The lowest BCUT2D eigenvalue weighted by Gasteiger charge is -2.18. The Bertz CT molecular complexity index is 874. The summed E-state index contributed by atoms with van der Waals surface area (Å²) in [7, 11) is 2.26. The number of benzene rings is 1. The summed E-state index contributed by atoms with van der Waals surface area (Å²) in [5, 5.41) is 17.0. The van der Waals surface area contributed by atoms with Gasteiger partial charge in [-0.15, -0.1) is 11.3 Å². The number of fused-ring (bicyclic) bond motifs is 3. The average molecular weight is 401 g/mol. The number of hydrogen-bond acceptors (Lipinski definition) is 5. The fraction of sp³-hybridized carbons (Fsp3) is 0.381. The van der Waals surface area contributed by atoms with Gasteiger partial charge in [0.05, 0.1) is 10.7 Å². The predicted octanol–water partition coefficient (Wildman–Crippen LogP) is 3.45.